The highest BCUT2D eigenvalue weighted by Crippen LogP contribution is 2.24. The van der Waals surface area contributed by atoms with E-state index in [9.17, 15) is 9.59 Å². The predicted molar refractivity (Wildman–Crippen MR) is 104 cm³/mol. The van der Waals surface area contributed by atoms with Crippen molar-refractivity contribution in [3.8, 4) is 0 Å². The number of likely N-dealkylation sites (tertiary alicyclic amines) is 1. The fourth-order valence-electron chi connectivity index (χ4n) is 3.43. The summed E-state index contributed by atoms with van der Waals surface area (Å²) in [7, 11) is 0. The van der Waals surface area contributed by atoms with Gasteiger partial charge in [0, 0.05) is 18.2 Å². The van der Waals surface area contributed by atoms with Crippen LogP contribution in [0.15, 0.2) is 30.3 Å². The monoisotopic (exact) mass is 372 g/mol. The summed E-state index contributed by atoms with van der Waals surface area (Å²) in [6.45, 7) is 5.74. The fraction of sp³-hybridized carbons (Fsp3) is 0.450. The first-order valence-electron chi connectivity index (χ1n) is 9.02. The molecule has 1 aromatic carbocycles. The summed E-state index contributed by atoms with van der Waals surface area (Å²) in [5.74, 6) is -0.645. The number of aromatic nitrogens is 1. The lowest BCUT2D eigenvalue weighted by Gasteiger charge is -2.40. The third kappa shape index (κ3) is 4.12. The molecule has 1 amide bonds. The van der Waals surface area contributed by atoms with Crippen molar-refractivity contribution in [2.75, 3.05) is 0 Å². The Labute approximate surface area is 157 Å². The topological polar surface area (TPSA) is 59.5 Å². The summed E-state index contributed by atoms with van der Waals surface area (Å²) >= 11 is 1.51. The molecule has 26 heavy (non-hydrogen) atoms. The van der Waals surface area contributed by atoms with Gasteiger partial charge in [-0.2, -0.15) is 0 Å². The third-order valence-electron chi connectivity index (χ3n) is 4.76. The Morgan fingerprint density at radius 3 is 2.65 bits per heavy atom. The van der Waals surface area contributed by atoms with E-state index in [1.807, 2.05) is 29.2 Å². The van der Waals surface area contributed by atoms with Crippen LogP contribution in [-0.4, -0.2) is 39.9 Å². The minimum absolute atomic E-state index is 0.119. The highest BCUT2D eigenvalue weighted by Gasteiger charge is 2.32. The number of ether oxygens (including phenoxy) is 1. The smallest absolute Gasteiger partial charge is 0.331 e. The second-order valence-corrected chi connectivity index (χ2v) is 7.87. The number of hydrogen-bond acceptors (Lipinski definition) is 5. The van der Waals surface area contributed by atoms with Gasteiger partial charge >= 0.3 is 5.97 Å². The van der Waals surface area contributed by atoms with E-state index in [4.69, 9.17) is 4.74 Å². The quantitative estimate of drug-likeness (QED) is 0.600. The minimum atomic E-state index is -0.787. The number of carbonyl (C=O) groups excluding carboxylic acids is 2. The Bertz CT molecular complexity index is 786. The second-order valence-electron chi connectivity index (χ2n) is 6.81. The molecule has 5 nitrogen and oxygen atoms in total. The number of piperidine rings is 1. The van der Waals surface area contributed by atoms with Crippen molar-refractivity contribution >= 4 is 39.5 Å². The van der Waals surface area contributed by atoms with E-state index in [0.717, 1.165) is 34.5 Å². The largest absolute Gasteiger partial charge is 0.449 e. The Morgan fingerprint density at radius 1 is 1.27 bits per heavy atom. The van der Waals surface area contributed by atoms with Gasteiger partial charge in [-0.1, -0.05) is 12.1 Å². The standard InChI is InChI=1S/C20H24N2O3S/c1-13-7-6-8-14(2)22(13)20(24)15(3)25-19(23)12-11-18-21-16-9-4-5-10-17(16)26-18/h4-5,9-15H,6-8H2,1-3H3/b12-11+/t13-,14+,15-/m1/s1. The van der Waals surface area contributed by atoms with Crippen molar-refractivity contribution in [2.45, 2.75) is 58.2 Å². The van der Waals surface area contributed by atoms with Gasteiger partial charge in [-0.25, -0.2) is 9.78 Å². The minimum Gasteiger partial charge on any atom is -0.449 e. The van der Waals surface area contributed by atoms with E-state index in [2.05, 4.69) is 18.8 Å². The lowest BCUT2D eigenvalue weighted by molar-refractivity contribution is -0.158. The van der Waals surface area contributed by atoms with Crippen LogP contribution in [0, 0.1) is 0 Å². The SMILES string of the molecule is C[C@@H]1CCC[C@H](C)N1C(=O)[C@@H](C)OC(=O)/C=C/c1nc2ccccc2s1. The average Bonchev–Trinajstić information content (AvgIpc) is 3.02. The first kappa shape index (κ1) is 18.6. The van der Waals surface area contributed by atoms with Crippen molar-refractivity contribution in [3.05, 3.63) is 35.3 Å². The number of esters is 1. The van der Waals surface area contributed by atoms with Gasteiger partial charge in [0.05, 0.1) is 10.2 Å². The lowest BCUT2D eigenvalue weighted by atomic mass is 9.97. The number of thiazole rings is 1. The van der Waals surface area contributed by atoms with Crippen LogP contribution < -0.4 is 0 Å². The zero-order valence-electron chi connectivity index (χ0n) is 15.3. The molecule has 0 saturated carbocycles. The number of fused-ring (bicyclic) bond motifs is 1. The van der Waals surface area contributed by atoms with E-state index in [-0.39, 0.29) is 18.0 Å². The second kappa shape index (κ2) is 7.99. The van der Waals surface area contributed by atoms with E-state index in [0.29, 0.717) is 0 Å². The molecule has 2 heterocycles. The molecule has 0 aliphatic carbocycles. The maximum atomic E-state index is 12.7. The van der Waals surface area contributed by atoms with Gasteiger partial charge in [0.2, 0.25) is 0 Å². The molecule has 1 aliphatic rings. The first-order valence-corrected chi connectivity index (χ1v) is 9.84. The predicted octanol–water partition coefficient (Wildman–Crippen LogP) is 4.03. The van der Waals surface area contributed by atoms with Crippen LogP contribution in [0.5, 0.6) is 0 Å². The zero-order valence-corrected chi connectivity index (χ0v) is 16.2. The van der Waals surface area contributed by atoms with Crippen LogP contribution in [0.25, 0.3) is 16.3 Å². The molecular formula is C20H24N2O3S. The van der Waals surface area contributed by atoms with Crippen LogP contribution in [0.2, 0.25) is 0 Å². The molecule has 1 aromatic heterocycles. The molecule has 2 aromatic rings. The number of nitrogens with zero attached hydrogens (tertiary/aromatic N) is 2. The molecule has 0 spiro atoms. The maximum absolute atomic E-state index is 12.7. The summed E-state index contributed by atoms with van der Waals surface area (Å²) in [5, 5.41) is 0.736. The molecule has 0 N–H and O–H groups in total. The van der Waals surface area contributed by atoms with Crippen molar-refractivity contribution in [2.24, 2.45) is 0 Å². The van der Waals surface area contributed by atoms with Gasteiger partial charge < -0.3 is 9.64 Å². The van der Waals surface area contributed by atoms with Gasteiger partial charge in [-0.05, 0) is 58.2 Å². The number of hydrogen-bond donors (Lipinski definition) is 0. The molecule has 138 valence electrons. The lowest BCUT2D eigenvalue weighted by Crippen LogP contribution is -2.51. The highest BCUT2D eigenvalue weighted by atomic mass is 32.1. The number of benzene rings is 1. The Hall–Kier alpha value is -2.21. The number of carbonyl (C=O) groups is 2. The Kier molecular flexibility index (Phi) is 5.71. The third-order valence-corrected chi connectivity index (χ3v) is 5.76. The Balaban J connectivity index is 1.60. The molecule has 0 unspecified atom stereocenters. The van der Waals surface area contributed by atoms with Crippen LogP contribution in [0.4, 0.5) is 0 Å². The van der Waals surface area contributed by atoms with Gasteiger partial charge in [0.1, 0.15) is 5.01 Å². The van der Waals surface area contributed by atoms with Crippen molar-refractivity contribution in [3.63, 3.8) is 0 Å². The van der Waals surface area contributed by atoms with E-state index >= 15 is 0 Å². The molecule has 1 fully saturated rings. The summed E-state index contributed by atoms with van der Waals surface area (Å²) in [4.78, 5) is 31.1. The molecule has 3 rings (SSSR count). The maximum Gasteiger partial charge on any atom is 0.331 e. The normalized spacial score (nSPS) is 21.9. The van der Waals surface area contributed by atoms with Crippen LogP contribution in [0.1, 0.15) is 45.0 Å². The van der Waals surface area contributed by atoms with Crippen molar-refractivity contribution in [1.82, 2.24) is 9.88 Å². The van der Waals surface area contributed by atoms with E-state index in [1.54, 1.807) is 13.0 Å². The van der Waals surface area contributed by atoms with Gasteiger partial charge in [-0.15, -0.1) is 11.3 Å². The molecule has 0 radical (unpaired) electrons. The average molecular weight is 372 g/mol. The molecule has 1 aliphatic heterocycles. The molecule has 6 heteroatoms. The fourth-order valence-corrected chi connectivity index (χ4v) is 4.30. The van der Waals surface area contributed by atoms with Crippen LogP contribution in [-0.2, 0) is 14.3 Å². The van der Waals surface area contributed by atoms with Crippen molar-refractivity contribution in [1.29, 1.82) is 0 Å². The number of rotatable bonds is 4. The van der Waals surface area contributed by atoms with E-state index in [1.165, 1.54) is 17.4 Å². The highest BCUT2D eigenvalue weighted by molar-refractivity contribution is 7.19. The Morgan fingerprint density at radius 2 is 1.96 bits per heavy atom. The van der Waals surface area contributed by atoms with Gasteiger partial charge in [0.15, 0.2) is 6.10 Å². The van der Waals surface area contributed by atoms with Gasteiger partial charge in [0.25, 0.3) is 5.91 Å². The van der Waals surface area contributed by atoms with Crippen LogP contribution >= 0.6 is 11.3 Å². The number of amides is 1. The summed E-state index contributed by atoms with van der Waals surface area (Å²) < 4.78 is 6.38. The summed E-state index contributed by atoms with van der Waals surface area (Å²) in [5.41, 5.74) is 0.905. The summed E-state index contributed by atoms with van der Waals surface area (Å²) in [6, 6.07) is 8.18. The first-order chi connectivity index (χ1) is 12.5. The molecule has 0 bridgehead atoms. The summed E-state index contributed by atoms with van der Waals surface area (Å²) in [6.07, 6.45) is 5.31. The molecular weight excluding hydrogens is 348 g/mol. The molecule has 1 saturated heterocycles. The van der Waals surface area contributed by atoms with E-state index < -0.39 is 12.1 Å². The van der Waals surface area contributed by atoms with Crippen molar-refractivity contribution < 1.29 is 14.3 Å². The zero-order chi connectivity index (χ0) is 18.7. The number of para-hydroxylation sites is 1. The van der Waals surface area contributed by atoms with Crippen LogP contribution in [0.3, 0.4) is 0 Å². The molecule has 3 atom stereocenters. The van der Waals surface area contributed by atoms with Gasteiger partial charge in [-0.3, -0.25) is 4.79 Å².